The van der Waals surface area contributed by atoms with Crippen molar-refractivity contribution in [1.29, 1.82) is 0 Å². The lowest BCUT2D eigenvalue weighted by Crippen LogP contribution is -2.41. The van der Waals surface area contributed by atoms with Gasteiger partial charge in [-0.15, -0.1) is 0 Å². The fourth-order valence-electron chi connectivity index (χ4n) is 1.57. The zero-order valence-electron chi connectivity index (χ0n) is 10.9. The van der Waals surface area contributed by atoms with Gasteiger partial charge in [0.1, 0.15) is 6.04 Å². The first-order chi connectivity index (χ1) is 9.13. The Balaban J connectivity index is 3.03. The molecule has 1 aromatic carbocycles. The SMILES string of the molecule is CC(C)C[C@@H](NS(=O)(=O)c1ccc(F)c(F)c1)C(=O)O. The van der Waals surface area contributed by atoms with E-state index in [9.17, 15) is 22.0 Å². The lowest BCUT2D eigenvalue weighted by molar-refractivity contribution is -0.139. The van der Waals surface area contributed by atoms with Crippen LogP contribution in [0.25, 0.3) is 0 Å². The van der Waals surface area contributed by atoms with Gasteiger partial charge in [0.25, 0.3) is 0 Å². The van der Waals surface area contributed by atoms with Crippen LogP contribution < -0.4 is 4.72 Å². The number of sulfonamides is 1. The number of rotatable bonds is 6. The number of hydrogen-bond donors (Lipinski definition) is 2. The predicted octanol–water partition coefficient (Wildman–Crippen LogP) is 1.74. The van der Waals surface area contributed by atoms with Crippen molar-refractivity contribution in [3.8, 4) is 0 Å². The fourth-order valence-corrected chi connectivity index (χ4v) is 2.78. The number of carboxylic acid groups (broad SMARTS) is 1. The predicted molar refractivity (Wildman–Crippen MR) is 67.6 cm³/mol. The van der Waals surface area contributed by atoms with Crippen LogP contribution in [0.2, 0.25) is 0 Å². The van der Waals surface area contributed by atoms with Crippen LogP contribution >= 0.6 is 0 Å². The smallest absolute Gasteiger partial charge is 0.321 e. The van der Waals surface area contributed by atoms with Crippen LogP contribution in [0, 0.1) is 17.6 Å². The van der Waals surface area contributed by atoms with Crippen molar-refractivity contribution < 1.29 is 27.1 Å². The van der Waals surface area contributed by atoms with E-state index in [-0.39, 0.29) is 12.3 Å². The normalized spacial score (nSPS) is 13.4. The molecule has 1 atom stereocenters. The van der Waals surface area contributed by atoms with Gasteiger partial charge in [0.05, 0.1) is 4.90 Å². The Morgan fingerprint density at radius 2 is 1.90 bits per heavy atom. The van der Waals surface area contributed by atoms with E-state index in [2.05, 4.69) is 0 Å². The highest BCUT2D eigenvalue weighted by atomic mass is 32.2. The molecular formula is C12H15F2NO4S. The lowest BCUT2D eigenvalue weighted by atomic mass is 10.1. The highest BCUT2D eigenvalue weighted by Gasteiger charge is 2.26. The van der Waals surface area contributed by atoms with Crippen LogP contribution in [-0.2, 0) is 14.8 Å². The highest BCUT2D eigenvalue weighted by molar-refractivity contribution is 7.89. The second-order valence-electron chi connectivity index (χ2n) is 4.72. The average molecular weight is 307 g/mol. The molecular weight excluding hydrogens is 292 g/mol. The van der Waals surface area contributed by atoms with E-state index in [0.29, 0.717) is 12.1 Å². The third-order valence-electron chi connectivity index (χ3n) is 2.50. The first-order valence-corrected chi connectivity index (χ1v) is 7.32. The van der Waals surface area contributed by atoms with Crippen LogP contribution in [0.4, 0.5) is 8.78 Å². The quantitative estimate of drug-likeness (QED) is 0.838. The summed E-state index contributed by atoms with van der Waals surface area (Å²) in [5, 5.41) is 8.97. The van der Waals surface area contributed by atoms with E-state index < -0.39 is 38.6 Å². The standard InChI is InChI=1S/C12H15F2NO4S/c1-7(2)5-11(12(16)17)15-20(18,19)8-3-4-9(13)10(14)6-8/h3-4,6-7,11,15H,5H2,1-2H3,(H,16,17)/t11-/m1/s1. The van der Waals surface area contributed by atoms with Crippen LogP contribution in [0.5, 0.6) is 0 Å². The molecule has 1 rings (SSSR count). The Morgan fingerprint density at radius 1 is 1.30 bits per heavy atom. The summed E-state index contributed by atoms with van der Waals surface area (Å²) in [6.45, 7) is 3.48. The van der Waals surface area contributed by atoms with Crippen molar-refractivity contribution in [2.24, 2.45) is 5.92 Å². The number of hydrogen-bond acceptors (Lipinski definition) is 3. The fraction of sp³-hybridized carbons (Fsp3) is 0.417. The van der Waals surface area contributed by atoms with Crippen LogP contribution in [0.15, 0.2) is 23.1 Å². The summed E-state index contributed by atoms with van der Waals surface area (Å²) < 4.78 is 51.6. The molecule has 1 aromatic rings. The van der Waals surface area contributed by atoms with Gasteiger partial charge in [0, 0.05) is 0 Å². The molecule has 0 aliphatic rings. The molecule has 5 nitrogen and oxygen atoms in total. The average Bonchev–Trinajstić information content (AvgIpc) is 2.30. The maximum absolute atomic E-state index is 13.0. The van der Waals surface area contributed by atoms with E-state index in [1.807, 2.05) is 4.72 Å². The van der Waals surface area contributed by atoms with Gasteiger partial charge in [-0.1, -0.05) is 13.8 Å². The number of halogens is 2. The number of nitrogens with one attached hydrogen (secondary N) is 1. The minimum atomic E-state index is -4.23. The van der Waals surface area contributed by atoms with Crippen molar-refractivity contribution in [1.82, 2.24) is 4.72 Å². The lowest BCUT2D eigenvalue weighted by Gasteiger charge is -2.16. The molecule has 0 saturated heterocycles. The molecule has 0 aliphatic carbocycles. The summed E-state index contributed by atoms with van der Waals surface area (Å²) in [5.74, 6) is -3.88. The Hall–Kier alpha value is -1.54. The van der Waals surface area contributed by atoms with Gasteiger partial charge in [0.15, 0.2) is 11.6 Å². The number of carboxylic acids is 1. The Bertz CT molecular complexity index is 601. The Labute approximate surface area is 115 Å². The molecule has 8 heteroatoms. The Morgan fingerprint density at radius 3 is 2.35 bits per heavy atom. The molecule has 0 heterocycles. The van der Waals surface area contributed by atoms with Gasteiger partial charge in [-0.05, 0) is 30.5 Å². The molecule has 112 valence electrons. The number of benzene rings is 1. The largest absolute Gasteiger partial charge is 0.480 e. The molecule has 0 fully saturated rings. The molecule has 0 spiro atoms. The summed E-state index contributed by atoms with van der Waals surface area (Å²) in [6, 6.07) is 0.719. The summed E-state index contributed by atoms with van der Waals surface area (Å²) >= 11 is 0. The van der Waals surface area contributed by atoms with E-state index in [0.717, 1.165) is 6.07 Å². The van der Waals surface area contributed by atoms with Crippen molar-refractivity contribution >= 4 is 16.0 Å². The molecule has 2 N–H and O–H groups in total. The van der Waals surface area contributed by atoms with Gasteiger partial charge in [-0.3, -0.25) is 4.79 Å². The zero-order chi connectivity index (χ0) is 15.5. The molecule has 0 aliphatic heterocycles. The molecule has 0 saturated carbocycles. The second kappa shape index (κ2) is 6.27. The molecule has 20 heavy (non-hydrogen) atoms. The van der Waals surface area contributed by atoms with Crippen LogP contribution in [0.3, 0.4) is 0 Å². The molecule has 0 amide bonds. The van der Waals surface area contributed by atoms with Crippen LogP contribution in [-0.4, -0.2) is 25.5 Å². The molecule has 0 aromatic heterocycles. The highest BCUT2D eigenvalue weighted by Crippen LogP contribution is 2.15. The summed E-state index contributed by atoms with van der Waals surface area (Å²) in [4.78, 5) is 10.5. The summed E-state index contributed by atoms with van der Waals surface area (Å²) in [7, 11) is -4.23. The zero-order valence-corrected chi connectivity index (χ0v) is 11.7. The van der Waals surface area contributed by atoms with Crippen molar-refractivity contribution in [3.05, 3.63) is 29.8 Å². The van der Waals surface area contributed by atoms with E-state index >= 15 is 0 Å². The van der Waals surface area contributed by atoms with Gasteiger partial charge in [-0.25, -0.2) is 17.2 Å². The van der Waals surface area contributed by atoms with Crippen molar-refractivity contribution in [3.63, 3.8) is 0 Å². The summed E-state index contributed by atoms with van der Waals surface area (Å²) in [6.07, 6.45) is 0.0816. The summed E-state index contributed by atoms with van der Waals surface area (Å²) in [5.41, 5.74) is 0. The number of aliphatic carboxylic acids is 1. The maximum atomic E-state index is 13.0. The van der Waals surface area contributed by atoms with Gasteiger partial charge in [-0.2, -0.15) is 4.72 Å². The molecule has 0 radical (unpaired) electrons. The van der Waals surface area contributed by atoms with E-state index in [1.165, 1.54) is 0 Å². The van der Waals surface area contributed by atoms with Crippen molar-refractivity contribution in [2.75, 3.05) is 0 Å². The minimum absolute atomic E-state index is 0.0521. The maximum Gasteiger partial charge on any atom is 0.321 e. The third kappa shape index (κ3) is 4.24. The van der Waals surface area contributed by atoms with Gasteiger partial charge in [0.2, 0.25) is 10.0 Å². The topological polar surface area (TPSA) is 83.5 Å². The monoisotopic (exact) mass is 307 g/mol. The molecule has 0 bridgehead atoms. The van der Waals surface area contributed by atoms with Crippen LogP contribution in [0.1, 0.15) is 20.3 Å². The first-order valence-electron chi connectivity index (χ1n) is 5.83. The van der Waals surface area contributed by atoms with Gasteiger partial charge < -0.3 is 5.11 Å². The van der Waals surface area contributed by atoms with E-state index in [4.69, 9.17) is 5.11 Å². The van der Waals surface area contributed by atoms with E-state index in [1.54, 1.807) is 13.8 Å². The Kier molecular flexibility index (Phi) is 5.18. The second-order valence-corrected chi connectivity index (χ2v) is 6.43. The van der Waals surface area contributed by atoms with Crippen molar-refractivity contribution in [2.45, 2.75) is 31.2 Å². The third-order valence-corrected chi connectivity index (χ3v) is 3.97. The molecule has 0 unspecified atom stereocenters. The van der Waals surface area contributed by atoms with Gasteiger partial charge >= 0.3 is 5.97 Å². The number of carbonyl (C=O) groups is 1. The first kappa shape index (κ1) is 16.5. The minimum Gasteiger partial charge on any atom is -0.480 e.